The van der Waals surface area contributed by atoms with E-state index in [4.69, 9.17) is 0 Å². The van der Waals surface area contributed by atoms with Crippen LogP contribution in [0.15, 0.2) is 41.4 Å². The molecule has 2 N–H and O–H groups in total. The number of carbonyl (C=O) groups is 2. The van der Waals surface area contributed by atoms with E-state index < -0.39 is 0 Å². The van der Waals surface area contributed by atoms with Crippen LogP contribution in [0.1, 0.15) is 34.3 Å². The molecule has 0 bridgehead atoms. The summed E-state index contributed by atoms with van der Waals surface area (Å²) in [5.74, 6) is -0.733. The average Bonchev–Trinajstić information content (AvgIpc) is 2.84. The predicted octanol–water partition coefficient (Wildman–Crippen LogP) is 2.66. The first-order valence-corrected chi connectivity index (χ1v) is 11.5. The average molecular weight is 450 g/mol. The smallest absolute Gasteiger partial charge is 0.251 e. The van der Waals surface area contributed by atoms with Crippen molar-refractivity contribution in [2.24, 2.45) is 10.9 Å². The summed E-state index contributed by atoms with van der Waals surface area (Å²) in [6, 6.07) is 10.9. The van der Waals surface area contributed by atoms with Crippen molar-refractivity contribution < 1.29 is 14.0 Å². The van der Waals surface area contributed by atoms with E-state index in [1.807, 2.05) is 4.90 Å². The summed E-state index contributed by atoms with van der Waals surface area (Å²) < 4.78 is 14.6. The van der Waals surface area contributed by atoms with Crippen LogP contribution in [0.2, 0.25) is 0 Å². The van der Waals surface area contributed by atoms with Crippen molar-refractivity contribution >= 4 is 28.9 Å². The van der Waals surface area contributed by atoms with Crippen LogP contribution in [-0.2, 0) is 11.3 Å². The number of amides is 2. The zero-order valence-electron chi connectivity index (χ0n) is 18.7. The van der Waals surface area contributed by atoms with Gasteiger partial charge in [-0.25, -0.2) is 4.39 Å². The Labute approximate surface area is 192 Å². The molecule has 0 aromatic heterocycles. The summed E-state index contributed by atoms with van der Waals surface area (Å²) in [5.41, 5.74) is 4.82. The van der Waals surface area contributed by atoms with Crippen molar-refractivity contribution in [3.05, 3.63) is 58.9 Å². The highest BCUT2D eigenvalue weighted by Gasteiger charge is 2.33. The Hall–Kier alpha value is -3.26. The van der Waals surface area contributed by atoms with Gasteiger partial charge in [-0.3, -0.25) is 19.5 Å². The fraction of sp³-hybridized carbons (Fsp3) is 0.400. The third-order valence-corrected chi connectivity index (χ3v) is 6.75. The Bertz CT molecular complexity index is 1120. The molecule has 1 atom stereocenters. The molecule has 5 rings (SSSR count). The van der Waals surface area contributed by atoms with E-state index in [1.54, 1.807) is 12.1 Å². The number of benzene rings is 2. The molecule has 1 saturated heterocycles. The van der Waals surface area contributed by atoms with Crippen molar-refractivity contribution in [1.82, 2.24) is 10.2 Å². The van der Waals surface area contributed by atoms with Gasteiger partial charge < -0.3 is 15.5 Å². The molecule has 3 heterocycles. The van der Waals surface area contributed by atoms with E-state index in [2.05, 4.69) is 38.7 Å². The van der Waals surface area contributed by atoms with Gasteiger partial charge in [0.05, 0.1) is 23.0 Å². The molecule has 0 saturated carbocycles. The number of aliphatic imine (C=N–C) groups is 1. The second-order valence-corrected chi connectivity index (χ2v) is 8.84. The summed E-state index contributed by atoms with van der Waals surface area (Å²) in [6.07, 6.45) is 1.83. The highest BCUT2D eigenvalue weighted by molar-refractivity contribution is 6.23. The van der Waals surface area contributed by atoms with Crippen molar-refractivity contribution in [2.75, 3.05) is 50.0 Å². The molecule has 8 heteroatoms. The Morgan fingerprint density at radius 3 is 2.76 bits per heavy atom. The predicted molar refractivity (Wildman–Crippen MR) is 126 cm³/mol. The van der Waals surface area contributed by atoms with E-state index in [-0.39, 0.29) is 23.5 Å². The summed E-state index contributed by atoms with van der Waals surface area (Å²) in [4.78, 5) is 33.2. The van der Waals surface area contributed by atoms with Gasteiger partial charge in [-0.15, -0.1) is 0 Å². The second-order valence-electron chi connectivity index (χ2n) is 8.84. The highest BCUT2D eigenvalue weighted by atomic mass is 19.1. The number of anilines is 2. The lowest BCUT2D eigenvalue weighted by Gasteiger charge is -2.36. The van der Waals surface area contributed by atoms with Crippen LogP contribution in [-0.4, -0.2) is 62.2 Å². The Kier molecular flexibility index (Phi) is 5.85. The van der Waals surface area contributed by atoms with Crippen LogP contribution < -0.4 is 15.5 Å². The number of piperazine rings is 1. The molecule has 172 valence electrons. The van der Waals surface area contributed by atoms with Crippen molar-refractivity contribution in [3.8, 4) is 0 Å². The van der Waals surface area contributed by atoms with E-state index >= 15 is 0 Å². The van der Waals surface area contributed by atoms with Gasteiger partial charge >= 0.3 is 0 Å². The second kappa shape index (κ2) is 8.94. The van der Waals surface area contributed by atoms with E-state index in [1.165, 1.54) is 13.1 Å². The molecule has 7 nitrogen and oxygen atoms in total. The number of rotatable bonds is 4. The third-order valence-electron chi connectivity index (χ3n) is 6.75. The molecule has 2 amide bonds. The minimum atomic E-state index is -0.376. The van der Waals surface area contributed by atoms with Crippen LogP contribution in [0.3, 0.4) is 0 Å². The quantitative estimate of drug-likeness (QED) is 0.753. The largest absolute Gasteiger partial charge is 0.367 e. The minimum Gasteiger partial charge on any atom is -0.367 e. The Morgan fingerprint density at radius 2 is 2.00 bits per heavy atom. The first-order chi connectivity index (χ1) is 16.0. The zero-order chi connectivity index (χ0) is 22.9. The monoisotopic (exact) mass is 449 g/mol. The third kappa shape index (κ3) is 4.23. The first kappa shape index (κ1) is 21.6. The fourth-order valence-electron chi connectivity index (χ4n) is 4.96. The lowest BCUT2D eigenvalue weighted by molar-refractivity contribution is -0.118. The van der Waals surface area contributed by atoms with Gasteiger partial charge in [0.25, 0.3) is 5.91 Å². The summed E-state index contributed by atoms with van der Waals surface area (Å²) in [7, 11) is 1.53. The SMILES string of the molecule is CNC(=O)c1ccc(N2CCN(Cc3ccc4c(c3)NC(=O)C3CCCN=C43)CC2)c(F)c1. The molecule has 2 aromatic carbocycles. The van der Waals surface area contributed by atoms with E-state index in [0.29, 0.717) is 24.3 Å². The standard InChI is InChI=1S/C25H28FN5O2/c1-27-24(32)17-5-7-22(20(26)14-17)31-11-9-30(10-12-31)15-16-4-6-18-21(13-16)29-25(33)19-3-2-8-28-23(18)19/h4-7,13-14,19H,2-3,8-12,15H2,1H3,(H,27,32)(H,29,33). The molecule has 3 aliphatic heterocycles. The van der Waals surface area contributed by atoms with Gasteiger partial charge in [0.15, 0.2) is 0 Å². The van der Waals surface area contributed by atoms with Crippen LogP contribution in [0, 0.1) is 11.7 Å². The number of fused-ring (bicyclic) bond motifs is 3. The first-order valence-electron chi connectivity index (χ1n) is 11.5. The van der Waals surface area contributed by atoms with Crippen molar-refractivity contribution in [2.45, 2.75) is 19.4 Å². The minimum absolute atomic E-state index is 0.0520. The molecule has 1 unspecified atom stereocenters. The van der Waals surface area contributed by atoms with Gasteiger partial charge in [-0.05, 0) is 42.7 Å². The van der Waals surface area contributed by atoms with Gasteiger partial charge in [-0.1, -0.05) is 12.1 Å². The molecular formula is C25H28FN5O2. The maximum absolute atomic E-state index is 14.6. The lowest BCUT2D eigenvalue weighted by atomic mass is 9.85. The fourth-order valence-corrected chi connectivity index (χ4v) is 4.96. The van der Waals surface area contributed by atoms with Gasteiger partial charge in [0, 0.05) is 57.4 Å². The number of carbonyl (C=O) groups excluding carboxylic acids is 2. The van der Waals surface area contributed by atoms with Crippen molar-refractivity contribution in [1.29, 1.82) is 0 Å². The van der Waals surface area contributed by atoms with E-state index in [0.717, 1.165) is 61.5 Å². The van der Waals surface area contributed by atoms with Gasteiger partial charge in [0.1, 0.15) is 5.82 Å². The van der Waals surface area contributed by atoms with Crippen LogP contribution in [0.25, 0.3) is 0 Å². The van der Waals surface area contributed by atoms with Gasteiger partial charge in [-0.2, -0.15) is 0 Å². The molecule has 33 heavy (non-hydrogen) atoms. The summed E-state index contributed by atoms with van der Waals surface area (Å²) in [6.45, 7) is 4.57. The maximum Gasteiger partial charge on any atom is 0.251 e. The maximum atomic E-state index is 14.6. The zero-order valence-corrected chi connectivity index (χ0v) is 18.7. The van der Waals surface area contributed by atoms with Crippen LogP contribution >= 0.6 is 0 Å². The topological polar surface area (TPSA) is 77.0 Å². The van der Waals surface area contributed by atoms with E-state index in [9.17, 15) is 14.0 Å². The summed E-state index contributed by atoms with van der Waals surface area (Å²) >= 11 is 0. The van der Waals surface area contributed by atoms with Crippen LogP contribution in [0.4, 0.5) is 15.8 Å². The molecule has 1 fully saturated rings. The number of nitrogens with one attached hydrogen (secondary N) is 2. The molecular weight excluding hydrogens is 421 g/mol. The number of hydrogen-bond donors (Lipinski definition) is 2. The normalized spacial score (nSPS) is 20.4. The molecule has 0 aliphatic carbocycles. The summed E-state index contributed by atoms with van der Waals surface area (Å²) in [5, 5.41) is 5.59. The molecule has 0 radical (unpaired) electrons. The molecule has 0 spiro atoms. The number of hydrogen-bond acceptors (Lipinski definition) is 5. The van der Waals surface area contributed by atoms with Crippen LogP contribution in [0.5, 0.6) is 0 Å². The molecule has 3 aliphatic rings. The molecule has 2 aromatic rings. The lowest BCUT2D eigenvalue weighted by Crippen LogP contribution is -2.46. The highest BCUT2D eigenvalue weighted by Crippen LogP contribution is 2.32. The van der Waals surface area contributed by atoms with Gasteiger partial charge in [0.2, 0.25) is 5.91 Å². The number of halogens is 1. The van der Waals surface area contributed by atoms with Crippen molar-refractivity contribution in [3.63, 3.8) is 0 Å². The Balaban J connectivity index is 1.23. The Morgan fingerprint density at radius 1 is 1.18 bits per heavy atom. The number of nitrogens with zero attached hydrogens (tertiary/aromatic N) is 3.